The van der Waals surface area contributed by atoms with Crippen molar-refractivity contribution in [2.75, 3.05) is 12.4 Å². The van der Waals surface area contributed by atoms with Crippen LogP contribution in [-0.2, 0) is 13.1 Å². The Labute approximate surface area is 162 Å². The van der Waals surface area contributed by atoms with E-state index in [1.165, 1.54) is 12.3 Å². The molecule has 0 aliphatic rings. The van der Waals surface area contributed by atoms with Gasteiger partial charge in [-0.05, 0) is 35.9 Å². The quantitative estimate of drug-likeness (QED) is 0.452. The Morgan fingerprint density at radius 1 is 1.00 bits per heavy atom. The normalized spacial score (nSPS) is 11.1. The van der Waals surface area contributed by atoms with Crippen molar-refractivity contribution in [2.24, 2.45) is 4.99 Å². The van der Waals surface area contributed by atoms with E-state index in [1.54, 1.807) is 37.4 Å². The number of aliphatic imine (C=N–C) groups is 1. The molecule has 0 spiro atoms. The van der Waals surface area contributed by atoms with Gasteiger partial charge in [-0.1, -0.05) is 30.3 Å². The number of amides is 1. The lowest BCUT2D eigenvalue weighted by molar-refractivity contribution is 0.0996. The molecule has 3 aromatic rings. The maximum atomic E-state index is 13.7. The lowest BCUT2D eigenvalue weighted by Gasteiger charge is -2.13. The van der Waals surface area contributed by atoms with E-state index in [0.717, 1.165) is 5.56 Å². The number of guanidine groups is 1. The molecule has 6 nitrogen and oxygen atoms in total. The van der Waals surface area contributed by atoms with E-state index in [0.29, 0.717) is 30.3 Å². The number of halogens is 1. The van der Waals surface area contributed by atoms with Crippen molar-refractivity contribution in [3.8, 4) is 0 Å². The molecule has 144 valence electrons. The van der Waals surface area contributed by atoms with Crippen LogP contribution < -0.4 is 16.0 Å². The topological polar surface area (TPSA) is 78.7 Å². The summed E-state index contributed by atoms with van der Waals surface area (Å²) >= 11 is 0. The van der Waals surface area contributed by atoms with Crippen molar-refractivity contribution >= 4 is 17.6 Å². The van der Waals surface area contributed by atoms with E-state index < -0.39 is 0 Å². The van der Waals surface area contributed by atoms with Gasteiger partial charge < -0.3 is 20.4 Å². The van der Waals surface area contributed by atoms with Crippen molar-refractivity contribution in [1.29, 1.82) is 0 Å². The van der Waals surface area contributed by atoms with E-state index >= 15 is 0 Å². The Morgan fingerprint density at radius 2 is 1.75 bits per heavy atom. The van der Waals surface area contributed by atoms with Crippen LogP contribution in [-0.4, -0.2) is 18.9 Å². The highest BCUT2D eigenvalue weighted by Gasteiger charge is 2.08. The highest BCUT2D eigenvalue weighted by atomic mass is 19.1. The minimum atomic E-state index is -0.298. The minimum Gasteiger partial charge on any atom is -0.459 e. The van der Waals surface area contributed by atoms with E-state index in [9.17, 15) is 9.18 Å². The van der Waals surface area contributed by atoms with Gasteiger partial charge >= 0.3 is 0 Å². The summed E-state index contributed by atoms with van der Waals surface area (Å²) in [5, 5.41) is 9.02. The van der Waals surface area contributed by atoms with Gasteiger partial charge in [0, 0.05) is 31.4 Å². The van der Waals surface area contributed by atoms with Crippen LogP contribution >= 0.6 is 0 Å². The smallest absolute Gasteiger partial charge is 0.291 e. The average Bonchev–Trinajstić information content (AvgIpc) is 3.25. The average molecular weight is 380 g/mol. The molecule has 0 bridgehead atoms. The van der Waals surface area contributed by atoms with Crippen LogP contribution in [0.2, 0.25) is 0 Å². The molecular weight excluding hydrogens is 359 g/mol. The summed E-state index contributed by atoms with van der Waals surface area (Å²) in [5.74, 6) is 0.278. The zero-order valence-corrected chi connectivity index (χ0v) is 15.4. The van der Waals surface area contributed by atoms with Crippen molar-refractivity contribution < 1.29 is 13.6 Å². The molecule has 0 fully saturated rings. The first-order valence-electron chi connectivity index (χ1n) is 8.77. The molecular formula is C21H21FN4O2. The van der Waals surface area contributed by atoms with Gasteiger partial charge in [0.2, 0.25) is 0 Å². The van der Waals surface area contributed by atoms with Gasteiger partial charge in [-0.25, -0.2) is 4.39 Å². The lowest BCUT2D eigenvalue weighted by atomic mass is 10.2. The monoisotopic (exact) mass is 380 g/mol. The molecule has 3 N–H and O–H groups in total. The van der Waals surface area contributed by atoms with Crippen LogP contribution in [0.15, 0.2) is 76.3 Å². The zero-order valence-electron chi connectivity index (χ0n) is 15.4. The fourth-order valence-corrected chi connectivity index (χ4v) is 2.53. The summed E-state index contributed by atoms with van der Waals surface area (Å²) in [6.45, 7) is 0.869. The first-order valence-corrected chi connectivity index (χ1v) is 8.77. The first kappa shape index (κ1) is 19.2. The summed E-state index contributed by atoms with van der Waals surface area (Å²) in [6.07, 6.45) is 1.46. The van der Waals surface area contributed by atoms with Gasteiger partial charge in [0.05, 0.1) is 6.26 Å². The number of nitrogens with zero attached hydrogens (tertiary/aromatic N) is 1. The highest BCUT2D eigenvalue weighted by Crippen LogP contribution is 2.12. The minimum absolute atomic E-state index is 0.252. The molecule has 1 amide bonds. The number of rotatable bonds is 6. The van der Waals surface area contributed by atoms with Crippen molar-refractivity contribution in [1.82, 2.24) is 10.6 Å². The van der Waals surface area contributed by atoms with E-state index in [2.05, 4.69) is 20.9 Å². The molecule has 0 saturated heterocycles. The molecule has 0 saturated carbocycles. The fraction of sp³-hybridized carbons (Fsp3) is 0.143. The molecule has 3 rings (SSSR count). The number of anilines is 1. The van der Waals surface area contributed by atoms with Crippen LogP contribution in [0.1, 0.15) is 21.7 Å². The van der Waals surface area contributed by atoms with Gasteiger partial charge in [-0.3, -0.25) is 9.79 Å². The SMILES string of the molecule is CN=C(NCc1ccc(NC(=O)c2ccco2)cc1)NCc1ccccc1F. The third-order valence-electron chi connectivity index (χ3n) is 4.04. The van der Waals surface area contributed by atoms with Gasteiger partial charge in [0.15, 0.2) is 11.7 Å². The molecule has 0 aliphatic heterocycles. The van der Waals surface area contributed by atoms with E-state index in [1.807, 2.05) is 24.3 Å². The maximum absolute atomic E-state index is 13.7. The summed E-state index contributed by atoms with van der Waals surface area (Å²) in [4.78, 5) is 16.1. The zero-order chi connectivity index (χ0) is 19.8. The number of carbonyl (C=O) groups excluding carboxylic acids is 1. The summed E-state index contributed by atoms with van der Waals surface area (Å²) < 4.78 is 18.7. The van der Waals surface area contributed by atoms with Crippen LogP contribution in [0.3, 0.4) is 0 Å². The maximum Gasteiger partial charge on any atom is 0.291 e. The Bertz CT molecular complexity index is 937. The molecule has 0 radical (unpaired) electrons. The first-order chi connectivity index (χ1) is 13.7. The molecule has 1 aromatic heterocycles. The van der Waals surface area contributed by atoms with E-state index in [4.69, 9.17) is 4.42 Å². The van der Waals surface area contributed by atoms with Crippen molar-refractivity contribution in [3.05, 3.63) is 89.6 Å². The molecule has 7 heteroatoms. The largest absolute Gasteiger partial charge is 0.459 e. The van der Waals surface area contributed by atoms with Crippen molar-refractivity contribution in [3.63, 3.8) is 0 Å². The molecule has 1 heterocycles. The summed E-state index contributed by atoms with van der Waals surface area (Å²) in [5.41, 5.74) is 2.25. The standard InChI is InChI=1S/C21H21FN4O2/c1-23-21(25-14-16-5-2-3-6-18(16)22)24-13-15-8-10-17(11-9-15)26-20(27)19-7-4-12-28-19/h2-12H,13-14H2,1H3,(H,26,27)(H2,23,24,25). The predicted octanol–water partition coefficient (Wildman–Crippen LogP) is 3.54. The van der Waals surface area contributed by atoms with Gasteiger partial charge in [0.1, 0.15) is 5.82 Å². The Kier molecular flexibility index (Phi) is 6.41. The summed E-state index contributed by atoms with van der Waals surface area (Å²) in [6, 6.07) is 17.3. The molecule has 0 atom stereocenters. The fourth-order valence-electron chi connectivity index (χ4n) is 2.53. The second-order valence-corrected chi connectivity index (χ2v) is 6.00. The number of hydrogen-bond acceptors (Lipinski definition) is 3. The molecule has 0 aliphatic carbocycles. The third kappa shape index (κ3) is 5.20. The van der Waals surface area contributed by atoms with Gasteiger partial charge in [-0.2, -0.15) is 0 Å². The van der Waals surface area contributed by atoms with Crippen LogP contribution in [0.25, 0.3) is 0 Å². The number of carbonyl (C=O) groups is 1. The second kappa shape index (κ2) is 9.36. The Morgan fingerprint density at radius 3 is 2.43 bits per heavy atom. The highest BCUT2D eigenvalue weighted by molar-refractivity contribution is 6.02. The lowest BCUT2D eigenvalue weighted by Crippen LogP contribution is -2.36. The van der Waals surface area contributed by atoms with Crippen LogP contribution in [0.5, 0.6) is 0 Å². The predicted molar refractivity (Wildman–Crippen MR) is 107 cm³/mol. The van der Waals surface area contributed by atoms with Crippen LogP contribution in [0, 0.1) is 5.82 Å². The summed E-state index contributed by atoms with van der Waals surface area (Å²) in [7, 11) is 1.66. The van der Waals surface area contributed by atoms with E-state index in [-0.39, 0.29) is 17.5 Å². The van der Waals surface area contributed by atoms with Gasteiger partial charge in [0.25, 0.3) is 5.91 Å². The number of benzene rings is 2. The van der Waals surface area contributed by atoms with Crippen molar-refractivity contribution in [2.45, 2.75) is 13.1 Å². The number of nitrogens with one attached hydrogen (secondary N) is 3. The molecule has 0 unspecified atom stereocenters. The number of hydrogen-bond donors (Lipinski definition) is 3. The number of furan rings is 1. The molecule has 2 aromatic carbocycles. The van der Waals surface area contributed by atoms with Crippen LogP contribution in [0.4, 0.5) is 10.1 Å². The Balaban J connectivity index is 1.49. The molecule has 28 heavy (non-hydrogen) atoms. The second-order valence-electron chi connectivity index (χ2n) is 6.00. The third-order valence-corrected chi connectivity index (χ3v) is 4.04. The van der Waals surface area contributed by atoms with Gasteiger partial charge in [-0.15, -0.1) is 0 Å². The Hall–Kier alpha value is -3.61.